The van der Waals surface area contributed by atoms with Gasteiger partial charge < -0.3 is 5.11 Å². The summed E-state index contributed by atoms with van der Waals surface area (Å²) in [6.45, 7) is 1.44. The fourth-order valence-corrected chi connectivity index (χ4v) is 1.12. The number of rotatable bonds is 2. The van der Waals surface area contributed by atoms with Gasteiger partial charge in [0.05, 0.1) is 28.2 Å². The van der Waals surface area contributed by atoms with Gasteiger partial charge in [0, 0.05) is 6.07 Å². The highest BCUT2D eigenvalue weighted by Crippen LogP contribution is 2.25. The van der Waals surface area contributed by atoms with Crippen molar-refractivity contribution in [2.75, 3.05) is 0 Å². The standard InChI is InChI=1S/C9H8N2O3/c1-6(12)8-3-2-7(5-10)4-9(8)11(13)14/h2-4,6,12H,1H3. The molecular weight excluding hydrogens is 184 g/mol. The fraction of sp³-hybridized carbons (Fsp3) is 0.222. The first kappa shape index (κ1) is 10.2. The minimum atomic E-state index is -0.914. The second-order valence-corrected chi connectivity index (χ2v) is 2.82. The maximum absolute atomic E-state index is 10.6. The van der Waals surface area contributed by atoms with Crippen molar-refractivity contribution in [1.82, 2.24) is 0 Å². The van der Waals surface area contributed by atoms with E-state index in [1.807, 2.05) is 0 Å². The van der Waals surface area contributed by atoms with Crippen molar-refractivity contribution in [3.63, 3.8) is 0 Å². The minimum absolute atomic E-state index is 0.209. The van der Waals surface area contributed by atoms with E-state index in [1.165, 1.54) is 19.1 Å². The summed E-state index contributed by atoms with van der Waals surface area (Å²) in [5, 5.41) is 28.3. The normalized spacial score (nSPS) is 11.8. The SMILES string of the molecule is CC(O)c1ccc(C#N)cc1[N+](=O)[O-]. The van der Waals surface area contributed by atoms with E-state index in [1.54, 1.807) is 6.07 Å². The van der Waals surface area contributed by atoms with Crippen LogP contribution in [0.3, 0.4) is 0 Å². The molecule has 1 unspecified atom stereocenters. The summed E-state index contributed by atoms with van der Waals surface area (Å²) in [5.74, 6) is 0. The molecular formula is C9H8N2O3. The van der Waals surface area contributed by atoms with Crippen LogP contribution in [0.15, 0.2) is 18.2 Å². The number of hydrogen-bond donors (Lipinski definition) is 1. The second-order valence-electron chi connectivity index (χ2n) is 2.82. The summed E-state index contributed by atoms with van der Waals surface area (Å²) >= 11 is 0. The minimum Gasteiger partial charge on any atom is -0.388 e. The number of nitriles is 1. The molecule has 0 fully saturated rings. The van der Waals surface area contributed by atoms with Gasteiger partial charge in [-0.3, -0.25) is 10.1 Å². The van der Waals surface area contributed by atoms with E-state index < -0.39 is 11.0 Å². The van der Waals surface area contributed by atoms with Crippen molar-refractivity contribution in [3.05, 3.63) is 39.4 Å². The zero-order valence-corrected chi connectivity index (χ0v) is 7.47. The molecule has 0 heterocycles. The van der Waals surface area contributed by atoms with Gasteiger partial charge in [0.2, 0.25) is 0 Å². The lowest BCUT2D eigenvalue weighted by atomic mass is 10.1. The van der Waals surface area contributed by atoms with Crippen molar-refractivity contribution in [2.45, 2.75) is 13.0 Å². The first-order valence-electron chi connectivity index (χ1n) is 3.92. The number of benzene rings is 1. The highest BCUT2D eigenvalue weighted by molar-refractivity contribution is 5.48. The lowest BCUT2D eigenvalue weighted by Crippen LogP contribution is -1.99. The van der Waals surface area contributed by atoms with E-state index in [0.717, 1.165) is 6.07 Å². The van der Waals surface area contributed by atoms with Gasteiger partial charge in [0.1, 0.15) is 0 Å². The summed E-state index contributed by atoms with van der Waals surface area (Å²) in [4.78, 5) is 9.97. The molecule has 0 aliphatic carbocycles. The second kappa shape index (κ2) is 3.85. The lowest BCUT2D eigenvalue weighted by Gasteiger charge is -2.04. The van der Waals surface area contributed by atoms with Crippen molar-refractivity contribution in [1.29, 1.82) is 5.26 Å². The molecule has 72 valence electrons. The maximum Gasteiger partial charge on any atom is 0.276 e. The van der Waals surface area contributed by atoms with E-state index >= 15 is 0 Å². The molecule has 5 nitrogen and oxygen atoms in total. The molecule has 0 saturated carbocycles. The third-order valence-electron chi connectivity index (χ3n) is 1.81. The summed E-state index contributed by atoms with van der Waals surface area (Å²) < 4.78 is 0. The molecule has 0 bridgehead atoms. The Hall–Kier alpha value is -1.93. The van der Waals surface area contributed by atoms with Crippen molar-refractivity contribution < 1.29 is 10.0 Å². The predicted octanol–water partition coefficient (Wildman–Crippen LogP) is 1.52. The highest BCUT2D eigenvalue weighted by Gasteiger charge is 2.17. The average molecular weight is 192 g/mol. The molecule has 14 heavy (non-hydrogen) atoms. The first-order chi connectivity index (χ1) is 6.56. The molecule has 0 amide bonds. The zero-order valence-electron chi connectivity index (χ0n) is 7.47. The van der Waals surface area contributed by atoms with Crippen LogP contribution in [0.5, 0.6) is 0 Å². The third kappa shape index (κ3) is 1.87. The molecule has 5 heteroatoms. The first-order valence-corrected chi connectivity index (χ1v) is 3.92. The Balaban J connectivity index is 3.33. The van der Waals surface area contributed by atoms with Crippen LogP contribution in [-0.2, 0) is 0 Å². The zero-order chi connectivity index (χ0) is 10.7. The Labute approximate surface area is 80.4 Å². The summed E-state index contributed by atoms with van der Waals surface area (Å²) in [6, 6.07) is 5.79. The Bertz CT molecular complexity index is 407. The molecule has 1 N–H and O–H groups in total. The molecule has 0 spiro atoms. The van der Waals surface area contributed by atoms with Crippen LogP contribution in [0, 0.1) is 21.4 Å². The monoisotopic (exact) mass is 192 g/mol. The summed E-state index contributed by atoms with van der Waals surface area (Å²) in [5.41, 5.74) is 0.203. The van der Waals surface area contributed by atoms with Gasteiger partial charge in [-0.1, -0.05) is 0 Å². The molecule has 1 rings (SSSR count). The number of aliphatic hydroxyl groups excluding tert-OH is 1. The van der Waals surface area contributed by atoms with Crippen LogP contribution in [0.4, 0.5) is 5.69 Å². The van der Waals surface area contributed by atoms with Gasteiger partial charge in [-0.15, -0.1) is 0 Å². The van der Waals surface area contributed by atoms with Gasteiger partial charge in [0.15, 0.2) is 0 Å². The fourth-order valence-electron chi connectivity index (χ4n) is 1.12. The molecule has 0 saturated heterocycles. The molecule has 0 aliphatic rings. The number of aliphatic hydroxyl groups is 1. The Morgan fingerprint density at radius 1 is 1.64 bits per heavy atom. The van der Waals surface area contributed by atoms with Crippen LogP contribution in [-0.4, -0.2) is 10.0 Å². The van der Waals surface area contributed by atoms with E-state index in [4.69, 9.17) is 5.26 Å². The number of nitro groups is 1. The number of hydrogen-bond acceptors (Lipinski definition) is 4. The Kier molecular flexibility index (Phi) is 2.79. The lowest BCUT2D eigenvalue weighted by molar-refractivity contribution is -0.386. The van der Waals surface area contributed by atoms with Crippen LogP contribution in [0.25, 0.3) is 0 Å². The Morgan fingerprint density at radius 3 is 2.71 bits per heavy atom. The van der Waals surface area contributed by atoms with Gasteiger partial charge in [-0.05, 0) is 19.1 Å². The van der Waals surface area contributed by atoms with Crippen molar-refractivity contribution >= 4 is 5.69 Å². The van der Waals surface area contributed by atoms with Gasteiger partial charge in [0.25, 0.3) is 5.69 Å². The van der Waals surface area contributed by atoms with E-state index in [2.05, 4.69) is 0 Å². The van der Waals surface area contributed by atoms with Crippen LogP contribution < -0.4 is 0 Å². The van der Waals surface area contributed by atoms with Crippen LogP contribution in [0.1, 0.15) is 24.2 Å². The quantitative estimate of drug-likeness (QED) is 0.568. The average Bonchev–Trinajstić information content (AvgIpc) is 2.16. The highest BCUT2D eigenvalue weighted by atomic mass is 16.6. The molecule has 0 radical (unpaired) electrons. The summed E-state index contributed by atoms with van der Waals surface area (Å²) in [6.07, 6.45) is -0.914. The molecule has 1 aromatic carbocycles. The smallest absolute Gasteiger partial charge is 0.276 e. The van der Waals surface area contributed by atoms with Crippen molar-refractivity contribution in [2.24, 2.45) is 0 Å². The predicted molar refractivity (Wildman–Crippen MR) is 48.4 cm³/mol. The topological polar surface area (TPSA) is 87.2 Å². The van der Waals surface area contributed by atoms with E-state index in [9.17, 15) is 15.2 Å². The number of nitrogens with zero attached hydrogens (tertiary/aromatic N) is 2. The van der Waals surface area contributed by atoms with E-state index in [0.29, 0.717) is 0 Å². The van der Waals surface area contributed by atoms with Gasteiger partial charge >= 0.3 is 0 Å². The molecule has 0 aromatic heterocycles. The van der Waals surface area contributed by atoms with Crippen LogP contribution >= 0.6 is 0 Å². The molecule has 1 atom stereocenters. The largest absolute Gasteiger partial charge is 0.388 e. The molecule has 0 aliphatic heterocycles. The van der Waals surface area contributed by atoms with Crippen molar-refractivity contribution in [3.8, 4) is 6.07 Å². The van der Waals surface area contributed by atoms with Crippen LogP contribution in [0.2, 0.25) is 0 Å². The third-order valence-corrected chi connectivity index (χ3v) is 1.81. The summed E-state index contributed by atoms with van der Waals surface area (Å²) in [7, 11) is 0. The van der Waals surface area contributed by atoms with E-state index in [-0.39, 0.29) is 16.8 Å². The number of nitro benzene ring substituents is 1. The van der Waals surface area contributed by atoms with Gasteiger partial charge in [-0.25, -0.2) is 0 Å². The molecule has 1 aromatic rings. The van der Waals surface area contributed by atoms with Gasteiger partial charge in [-0.2, -0.15) is 5.26 Å². The maximum atomic E-state index is 10.6. The Morgan fingerprint density at radius 2 is 2.29 bits per heavy atom.